The molecule has 4 N–H and O–H groups in total. The van der Waals surface area contributed by atoms with Crippen molar-refractivity contribution in [2.45, 2.75) is 120 Å². The molecule has 0 bridgehead atoms. The van der Waals surface area contributed by atoms with Gasteiger partial charge in [-0.1, -0.05) is 44.9 Å². The number of nitrogens with zero attached hydrogens (tertiary/aromatic N) is 4. The van der Waals surface area contributed by atoms with Gasteiger partial charge in [-0.15, -0.1) is 11.3 Å². The summed E-state index contributed by atoms with van der Waals surface area (Å²) in [5.41, 5.74) is 2.62. The maximum Gasteiger partial charge on any atom is 0.259 e. The van der Waals surface area contributed by atoms with Crippen molar-refractivity contribution in [3.8, 4) is 22.2 Å². The second kappa shape index (κ2) is 19.1. The first-order valence-corrected chi connectivity index (χ1v) is 26.3. The minimum Gasteiger partial charge on any atom is -0.496 e. The normalized spacial score (nSPS) is 25.6. The van der Waals surface area contributed by atoms with Gasteiger partial charge in [-0.3, -0.25) is 23.9 Å². The first-order chi connectivity index (χ1) is 32.6. The number of sulfonamides is 1. The number of allylic oxidation sites excluding steroid dienone is 1. The number of piperazine rings is 1. The zero-order valence-electron chi connectivity index (χ0n) is 39.4. The summed E-state index contributed by atoms with van der Waals surface area (Å²) in [6.07, 6.45) is 7.90. The van der Waals surface area contributed by atoms with E-state index in [0.29, 0.717) is 92.2 Å². The van der Waals surface area contributed by atoms with Gasteiger partial charge in [-0.05, 0) is 88.6 Å². The van der Waals surface area contributed by atoms with E-state index in [1.54, 1.807) is 37.1 Å². The van der Waals surface area contributed by atoms with Crippen molar-refractivity contribution in [3.05, 3.63) is 76.8 Å². The summed E-state index contributed by atoms with van der Waals surface area (Å²) in [4.78, 5) is 71.3. The van der Waals surface area contributed by atoms with Crippen LogP contribution in [0.5, 0.6) is 11.5 Å². The number of pyridine rings is 1. The highest BCUT2D eigenvalue weighted by Crippen LogP contribution is 2.48. The van der Waals surface area contributed by atoms with Crippen LogP contribution in [0.15, 0.2) is 60.0 Å². The number of thiazole rings is 1. The number of carbonyl (C=O) groups is 4. The summed E-state index contributed by atoms with van der Waals surface area (Å²) in [5, 5.41) is 13.2. The molecule has 2 aromatic carbocycles. The van der Waals surface area contributed by atoms with E-state index in [2.05, 4.69) is 34.5 Å². The highest BCUT2D eigenvalue weighted by atomic mass is 32.2. The molecule has 5 aliphatic rings. The first kappa shape index (κ1) is 47.5. The molecule has 2 saturated heterocycles. The Balaban J connectivity index is 1.06. The van der Waals surface area contributed by atoms with Gasteiger partial charge in [0.1, 0.15) is 45.9 Å². The number of fused-ring (bicyclic) bond motifs is 3. The van der Waals surface area contributed by atoms with Crippen molar-refractivity contribution in [3.63, 3.8) is 0 Å². The number of hydrogen-bond donors (Lipinski definition) is 4. The monoisotopic (exact) mass is 966 g/mol. The molecule has 3 aliphatic heterocycles. The van der Waals surface area contributed by atoms with Crippen LogP contribution in [-0.4, -0.2) is 120 Å². The fraction of sp³-hybridized carbons (Fsp3) is 0.520. The van der Waals surface area contributed by atoms with E-state index in [9.17, 15) is 22.8 Å². The van der Waals surface area contributed by atoms with E-state index < -0.39 is 56.2 Å². The molecule has 9 rings (SSSR count). The standard InChI is InChI=1S/C50H62N8O8S2/c1-30(2)39-29-67-45(54-39)38-26-42(36-16-17-41(65-5)31(3)43(36)53-38)66-35-25-40-44(59)55-50(48(62)56-68(63,64)49(4)18-19-49)27-33(50)13-9-7-6-8-10-15-37(47(61)58(40)28-35)52-34-14-11-12-32(24-34)46(60)57-22-20-51-21-23-57/h9,11-14,16-17,24,26,29-30,33,35,37,40,51-52H,6-8,10,15,18-23,25,27-28H2,1-5H3,(H,55,59)(H,56,62)/b13-9-/t33-,35+,37-,40-,50+/m0/s1. The summed E-state index contributed by atoms with van der Waals surface area (Å²) in [6, 6.07) is 10.9. The number of nitrogens with one attached hydrogen (secondary N) is 4. The number of rotatable bonds is 11. The Morgan fingerprint density at radius 3 is 2.54 bits per heavy atom. The molecule has 2 aliphatic carbocycles. The fourth-order valence-electron chi connectivity index (χ4n) is 9.60. The predicted octanol–water partition coefficient (Wildman–Crippen LogP) is 6.07. The topological polar surface area (TPSA) is 201 Å². The van der Waals surface area contributed by atoms with Gasteiger partial charge >= 0.3 is 0 Å². The molecule has 5 atom stereocenters. The lowest BCUT2D eigenvalue weighted by atomic mass is 10.0. The smallest absolute Gasteiger partial charge is 0.259 e. The second-order valence-electron chi connectivity index (χ2n) is 19.6. The van der Waals surface area contributed by atoms with Gasteiger partial charge in [-0.25, -0.2) is 18.4 Å². The number of carbonyl (C=O) groups excluding carboxylic acids is 4. The lowest BCUT2D eigenvalue weighted by Gasteiger charge is -2.30. The molecular formula is C50H62N8O8S2. The Kier molecular flexibility index (Phi) is 13.3. The number of aromatic nitrogens is 2. The lowest BCUT2D eigenvalue weighted by molar-refractivity contribution is -0.140. The molecule has 0 unspecified atom stereocenters. The minimum atomic E-state index is -4.02. The highest BCUT2D eigenvalue weighted by Gasteiger charge is 2.63. The van der Waals surface area contributed by atoms with Gasteiger partial charge in [0.25, 0.3) is 11.8 Å². The van der Waals surface area contributed by atoms with Crippen LogP contribution in [0.3, 0.4) is 0 Å². The number of benzene rings is 2. The third kappa shape index (κ3) is 9.55. The predicted molar refractivity (Wildman–Crippen MR) is 261 cm³/mol. The molecule has 2 saturated carbocycles. The third-order valence-electron chi connectivity index (χ3n) is 14.3. The van der Waals surface area contributed by atoms with Crippen molar-refractivity contribution in [2.75, 3.05) is 45.2 Å². The van der Waals surface area contributed by atoms with Crippen LogP contribution in [-0.2, 0) is 24.4 Å². The Morgan fingerprint density at radius 2 is 1.81 bits per heavy atom. The van der Waals surface area contributed by atoms with E-state index in [-0.39, 0.29) is 37.1 Å². The van der Waals surface area contributed by atoms with Crippen LogP contribution in [0, 0.1) is 12.8 Å². The SMILES string of the molecule is COc1ccc2c(O[C@@H]3C[C@H]4C(=O)N[C@]5(C(=O)NS(=O)(=O)C6(C)CC6)C[C@@H]5/C=C\CCCCC[C@H](Nc5cccc(C(=O)N6CCNCC6)c5)C(=O)N4C3)cc(-c3nc(C(C)C)cs3)nc2c1C. The van der Waals surface area contributed by atoms with Crippen LogP contribution < -0.4 is 30.1 Å². The quantitative estimate of drug-likeness (QED) is 0.127. The summed E-state index contributed by atoms with van der Waals surface area (Å²) in [6.45, 7) is 10.4. The molecule has 362 valence electrons. The average Bonchev–Trinajstić information content (AvgIpc) is 4.10. The van der Waals surface area contributed by atoms with Gasteiger partial charge in [0.15, 0.2) is 0 Å². The number of hydrogen-bond acceptors (Lipinski definition) is 13. The van der Waals surface area contributed by atoms with Crippen LogP contribution in [0.4, 0.5) is 5.69 Å². The van der Waals surface area contributed by atoms with Gasteiger partial charge in [0.2, 0.25) is 21.8 Å². The maximum absolute atomic E-state index is 15.3. The van der Waals surface area contributed by atoms with Crippen molar-refractivity contribution < 1.29 is 37.1 Å². The number of amides is 4. The zero-order valence-corrected chi connectivity index (χ0v) is 41.1. The van der Waals surface area contributed by atoms with Crippen LogP contribution in [0.2, 0.25) is 0 Å². The molecule has 0 radical (unpaired) electrons. The van der Waals surface area contributed by atoms with Gasteiger partial charge < -0.3 is 35.2 Å². The first-order valence-electron chi connectivity index (χ1n) is 23.9. The van der Waals surface area contributed by atoms with E-state index in [1.165, 1.54) is 11.3 Å². The van der Waals surface area contributed by atoms with E-state index >= 15 is 4.79 Å². The van der Waals surface area contributed by atoms with Crippen LogP contribution in [0.25, 0.3) is 21.6 Å². The molecule has 4 fully saturated rings. The summed E-state index contributed by atoms with van der Waals surface area (Å²) in [7, 11) is -2.41. The molecule has 0 spiro atoms. The van der Waals surface area contributed by atoms with Crippen molar-refractivity contribution in [1.29, 1.82) is 0 Å². The molecule has 68 heavy (non-hydrogen) atoms. The number of methoxy groups -OCH3 is 1. The summed E-state index contributed by atoms with van der Waals surface area (Å²) >= 11 is 1.49. The molecule has 4 amide bonds. The average molecular weight is 967 g/mol. The van der Waals surface area contributed by atoms with Crippen molar-refractivity contribution in [1.82, 2.24) is 35.1 Å². The zero-order chi connectivity index (χ0) is 48.0. The van der Waals surface area contributed by atoms with Crippen LogP contribution in [0.1, 0.15) is 106 Å². The summed E-state index contributed by atoms with van der Waals surface area (Å²) in [5.74, 6) is -0.834. The number of ether oxygens (including phenoxy) is 2. The van der Waals surface area contributed by atoms with Gasteiger partial charge in [0.05, 0.1) is 29.6 Å². The molecule has 4 aromatic rings. The van der Waals surface area contributed by atoms with Crippen molar-refractivity contribution >= 4 is 61.6 Å². The molecule has 5 heterocycles. The van der Waals surface area contributed by atoms with E-state index in [1.807, 2.05) is 53.6 Å². The highest BCUT2D eigenvalue weighted by molar-refractivity contribution is 7.91. The Bertz CT molecular complexity index is 2750. The van der Waals surface area contributed by atoms with Crippen molar-refractivity contribution in [2.24, 2.45) is 5.92 Å². The maximum atomic E-state index is 15.3. The second-order valence-corrected chi connectivity index (χ2v) is 22.6. The van der Waals surface area contributed by atoms with Gasteiger partial charge in [0, 0.05) is 72.2 Å². The molecule has 2 aromatic heterocycles. The van der Waals surface area contributed by atoms with Gasteiger partial charge in [-0.2, -0.15) is 0 Å². The fourth-order valence-corrected chi connectivity index (χ4v) is 11.8. The Morgan fingerprint density at radius 1 is 1.01 bits per heavy atom. The summed E-state index contributed by atoms with van der Waals surface area (Å²) < 4.78 is 40.7. The van der Waals surface area contributed by atoms with Crippen LogP contribution >= 0.6 is 11.3 Å². The lowest BCUT2D eigenvalue weighted by Crippen LogP contribution is -2.58. The van der Waals surface area contributed by atoms with E-state index in [0.717, 1.165) is 34.5 Å². The minimum absolute atomic E-state index is 0.0366. The van der Waals surface area contributed by atoms with E-state index in [4.69, 9.17) is 19.4 Å². The number of anilines is 1. The largest absolute Gasteiger partial charge is 0.496 e. The molecular weight excluding hydrogens is 905 g/mol. The third-order valence-corrected chi connectivity index (χ3v) is 17.4. The Hall–Kier alpha value is -5.59. The number of aryl methyl sites for hydroxylation is 1. The molecule has 18 heteroatoms. The Labute approximate surface area is 402 Å². The molecule has 16 nitrogen and oxygen atoms in total.